The van der Waals surface area contributed by atoms with Crippen LogP contribution in [0.1, 0.15) is 67.7 Å². The van der Waals surface area contributed by atoms with Gasteiger partial charge in [0.1, 0.15) is 11.6 Å². The summed E-state index contributed by atoms with van der Waals surface area (Å²) in [4.78, 5) is 33.8. The Morgan fingerprint density at radius 3 is 2.58 bits per heavy atom. The maximum absolute atomic E-state index is 14.2. The molecule has 11 heteroatoms. The molecular formula is C29H32F2N6O3. The molecule has 0 unspecified atom stereocenters. The summed E-state index contributed by atoms with van der Waals surface area (Å²) in [7, 11) is 0. The lowest BCUT2D eigenvalue weighted by Gasteiger charge is -2.43. The third-order valence-corrected chi connectivity index (χ3v) is 8.44. The molecule has 1 saturated heterocycles. The average Bonchev–Trinajstić information content (AvgIpc) is 3.59. The second-order valence-corrected chi connectivity index (χ2v) is 11.1. The number of benzene rings is 1. The normalized spacial score (nSPS) is 22.9. The van der Waals surface area contributed by atoms with Crippen molar-refractivity contribution in [3.63, 3.8) is 0 Å². The fourth-order valence-corrected chi connectivity index (χ4v) is 6.05. The topological polar surface area (TPSA) is 113 Å². The largest absolute Gasteiger partial charge is 0.412 e. The van der Waals surface area contributed by atoms with E-state index in [-0.39, 0.29) is 23.3 Å². The number of pyridine rings is 1. The van der Waals surface area contributed by atoms with Crippen LogP contribution in [0.25, 0.3) is 11.5 Å². The van der Waals surface area contributed by atoms with E-state index < -0.39 is 35.0 Å². The van der Waals surface area contributed by atoms with Crippen LogP contribution < -0.4 is 10.6 Å². The Labute approximate surface area is 230 Å². The molecule has 3 aliphatic rings. The Bertz CT molecular complexity index is 1370. The first-order valence-electron chi connectivity index (χ1n) is 14.0. The van der Waals surface area contributed by atoms with Gasteiger partial charge in [-0.15, -0.1) is 10.2 Å². The van der Waals surface area contributed by atoms with Crippen molar-refractivity contribution in [3.05, 3.63) is 65.8 Å². The lowest BCUT2D eigenvalue weighted by molar-refractivity contribution is -0.129. The maximum Gasteiger partial charge on any atom is 0.309 e. The molecule has 0 bridgehead atoms. The van der Waals surface area contributed by atoms with Crippen molar-refractivity contribution in [1.82, 2.24) is 30.7 Å². The van der Waals surface area contributed by atoms with Crippen LogP contribution in [0, 0.1) is 17.6 Å². The lowest BCUT2D eigenvalue weighted by atomic mass is 9.86. The first kappa shape index (κ1) is 26.5. The van der Waals surface area contributed by atoms with Gasteiger partial charge in [0.2, 0.25) is 5.91 Å². The van der Waals surface area contributed by atoms with Gasteiger partial charge < -0.3 is 15.1 Å². The smallest absolute Gasteiger partial charge is 0.309 e. The van der Waals surface area contributed by atoms with Crippen LogP contribution in [0.15, 0.2) is 47.0 Å². The molecule has 1 aliphatic heterocycles. The van der Waals surface area contributed by atoms with E-state index in [9.17, 15) is 18.4 Å². The zero-order valence-electron chi connectivity index (χ0n) is 22.1. The second-order valence-electron chi connectivity index (χ2n) is 11.1. The number of hydrogen-bond acceptors (Lipinski definition) is 7. The van der Waals surface area contributed by atoms with E-state index in [1.54, 1.807) is 6.20 Å². The summed E-state index contributed by atoms with van der Waals surface area (Å²) in [5.74, 6) is -3.43. The molecule has 0 spiro atoms. The van der Waals surface area contributed by atoms with Crippen molar-refractivity contribution in [2.24, 2.45) is 5.92 Å². The Kier molecular flexibility index (Phi) is 7.31. The standard InChI is InChI=1S/C29H32F2N6O3/c30-18-9-10-20(22(31)16-18)27-35-36-28(40-27)26(39)33-23-11-15-37(19-6-2-1-3-7-19)17-21(23)25(38)34-29(12-13-29)24-8-4-5-14-32-24/h4-5,8-10,14,16,19,21,23H,1-3,6-7,11-13,15,17H2,(H,33,39)(H,34,38)/t21-,23-/m0/s1. The van der Waals surface area contributed by atoms with Crippen molar-refractivity contribution in [3.8, 4) is 11.5 Å². The van der Waals surface area contributed by atoms with Gasteiger partial charge in [-0.2, -0.15) is 0 Å². The average molecular weight is 551 g/mol. The predicted molar refractivity (Wildman–Crippen MR) is 141 cm³/mol. The minimum Gasteiger partial charge on any atom is -0.412 e. The van der Waals surface area contributed by atoms with Gasteiger partial charge in [-0.05, 0) is 56.4 Å². The van der Waals surface area contributed by atoms with Crippen molar-refractivity contribution >= 4 is 11.8 Å². The number of hydrogen-bond donors (Lipinski definition) is 2. The third kappa shape index (κ3) is 5.47. The fourth-order valence-electron chi connectivity index (χ4n) is 6.05. The van der Waals surface area contributed by atoms with Crippen molar-refractivity contribution in [2.45, 2.75) is 69.0 Å². The molecular weight excluding hydrogens is 518 g/mol. The van der Waals surface area contributed by atoms with Crippen molar-refractivity contribution in [2.75, 3.05) is 13.1 Å². The van der Waals surface area contributed by atoms with Crippen LogP contribution in [-0.2, 0) is 10.3 Å². The van der Waals surface area contributed by atoms with E-state index in [4.69, 9.17) is 4.42 Å². The Morgan fingerprint density at radius 2 is 1.85 bits per heavy atom. The molecule has 2 aromatic heterocycles. The molecule has 2 aliphatic carbocycles. The molecule has 2 amide bonds. The van der Waals surface area contributed by atoms with Gasteiger partial charge in [0.25, 0.3) is 5.89 Å². The molecule has 2 saturated carbocycles. The van der Waals surface area contributed by atoms with Crippen LogP contribution in [0.3, 0.4) is 0 Å². The highest BCUT2D eigenvalue weighted by Gasteiger charge is 2.49. The molecule has 9 nitrogen and oxygen atoms in total. The highest BCUT2D eigenvalue weighted by molar-refractivity contribution is 5.91. The summed E-state index contributed by atoms with van der Waals surface area (Å²) in [5.41, 5.74) is 0.270. The zero-order valence-corrected chi connectivity index (χ0v) is 22.1. The number of carbonyl (C=O) groups excluding carboxylic acids is 2. The third-order valence-electron chi connectivity index (χ3n) is 8.44. The number of halogens is 2. The SMILES string of the molecule is O=C(N[C@H]1CCN(C2CCCCC2)C[C@@H]1C(=O)NC1(c2ccccn2)CC1)c1nnc(-c2ccc(F)cc2F)o1. The summed E-state index contributed by atoms with van der Waals surface area (Å²) in [6.45, 7) is 1.30. The molecule has 6 rings (SSSR count). The maximum atomic E-state index is 14.2. The highest BCUT2D eigenvalue weighted by atomic mass is 19.1. The Morgan fingerprint density at radius 1 is 1.02 bits per heavy atom. The minimum absolute atomic E-state index is 0.102. The van der Waals surface area contributed by atoms with Gasteiger partial charge in [0, 0.05) is 37.4 Å². The molecule has 1 aromatic carbocycles. The van der Waals surface area contributed by atoms with Crippen molar-refractivity contribution < 1.29 is 22.8 Å². The monoisotopic (exact) mass is 550 g/mol. The number of rotatable bonds is 7. The van der Waals surface area contributed by atoms with Gasteiger partial charge in [0.05, 0.1) is 22.7 Å². The molecule has 2 atom stereocenters. The summed E-state index contributed by atoms with van der Waals surface area (Å²) in [6, 6.07) is 8.64. The van der Waals surface area contributed by atoms with Gasteiger partial charge in [-0.1, -0.05) is 25.3 Å². The quantitative estimate of drug-likeness (QED) is 0.458. The Balaban J connectivity index is 1.19. The Hall–Kier alpha value is -3.73. The fraction of sp³-hybridized carbons (Fsp3) is 0.483. The molecule has 210 valence electrons. The molecule has 3 heterocycles. The number of carbonyl (C=O) groups is 2. The lowest BCUT2D eigenvalue weighted by Crippen LogP contribution is -2.58. The number of piperidine rings is 1. The number of nitrogens with one attached hydrogen (secondary N) is 2. The van der Waals surface area contributed by atoms with Crippen LogP contribution in [0.2, 0.25) is 0 Å². The summed E-state index contributed by atoms with van der Waals surface area (Å²) < 4.78 is 32.9. The van der Waals surface area contributed by atoms with Gasteiger partial charge in [-0.3, -0.25) is 19.5 Å². The van der Waals surface area contributed by atoms with Gasteiger partial charge in [-0.25, -0.2) is 8.78 Å². The summed E-state index contributed by atoms with van der Waals surface area (Å²) in [5, 5.41) is 13.7. The van der Waals surface area contributed by atoms with Crippen LogP contribution in [-0.4, -0.2) is 57.1 Å². The first-order valence-corrected chi connectivity index (χ1v) is 14.0. The van der Waals surface area contributed by atoms with E-state index in [2.05, 4.69) is 30.7 Å². The number of likely N-dealkylation sites (tertiary alicyclic amines) is 1. The molecule has 40 heavy (non-hydrogen) atoms. The van der Waals surface area contributed by atoms with Crippen LogP contribution in [0.5, 0.6) is 0 Å². The van der Waals surface area contributed by atoms with Crippen LogP contribution in [0.4, 0.5) is 8.78 Å². The molecule has 3 aromatic rings. The van der Waals surface area contributed by atoms with Crippen molar-refractivity contribution in [1.29, 1.82) is 0 Å². The molecule has 0 radical (unpaired) electrons. The molecule has 2 N–H and O–H groups in total. The van der Waals surface area contributed by atoms with E-state index in [0.29, 0.717) is 25.1 Å². The number of nitrogens with zero attached hydrogens (tertiary/aromatic N) is 4. The van der Waals surface area contributed by atoms with E-state index in [0.717, 1.165) is 44.0 Å². The number of amides is 2. The van der Waals surface area contributed by atoms with E-state index in [1.807, 2.05) is 18.2 Å². The van der Waals surface area contributed by atoms with Gasteiger partial charge >= 0.3 is 11.8 Å². The van der Waals surface area contributed by atoms with Crippen LogP contribution >= 0.6 is 0 Å². The van der Waals surface area contributed by atoms with E-state index >= 15 is 0 Å². The van der Waals surface area contributed by atoms with Gasteiger partial charge in [0.15, 0.2) is 0 Å². The summed E-state index contributed by atoms with van der Waals surface area (Å²) >= 11 is 0. The highest BCUT2D eigenvalue weighted by Crippen LogP contribution is 2.45. The zero-order chi connectivity index (χ0) is 27.7. The van der Waals surface area contributed by atoms with E-state index in [1.165, 1.54) is 25.3 Å². The first-order chi connectivity index (χ1) is 19.4. The second kappa shape index (κ2) is 11.0. The number of aromatic nitrogens is 3. The predicted octanol–water partition coefficient (Wildman–Crippen LogP) is 3.97. The molecule has 3 fully saturated rings. The summed E-state index contributed by atoms with van der Waals surface area (Å²) in [6.07, 6.45) is 9.81. The minimum atomic E-state index is -0.871.